The van der Waals surface area contributed by atoms with Crippen molar-refractivity contribution in [3.05, 3.63) is 26.7 Å². The number of nitrogens with one attached hydrogen (secondary N) is 1. The summed E-state index contributed by atoms with van der Waals surface area (Å²) >= 11 is 0. The summed E-state index contributed by atoms with van der Waals surface area (Å²) in [4.78, 5) is 40.9. The number of aromatic carboxylic acids is 1. The Morgan fingerprint density at radius 1 is 1.42 bits per heavy atom. The molecular weight excluding hydrogens is 252 g/mol. The molecule has 8 heteroatoms. The van der Waals surface area contributed by atoms with Gasteiger partial charge in [0, 0.05) is 12.6 Å². The van der Waals surface area contributed by atoms with Crippen molar-refractivity contribution in [3.63, 3.8) is 0 Å². The normalized spacial score (nSPS) is 11.4. The molecule has 0 aliphatic carbocycles. The van der Waals surface area contributed by atoms with Gasteiger partial charge in [-0.3, -0.25) is 14.3 Å². The second kappa shape index (κ2) is 4.38. The van der Waals surface area contributed by atoms with Crippen LogP contribution < -0.4 is 11.2 Å². The van der Waals surface area contributed by atoms with E-state index in [2.05, 4.69) is 9.97 Å². The Bertz CT molecular complexity index is 765. The van der Waals surface area contributed by atoms with Crippen LogP contribution in [0.1, 0.15) is 37.4 Å². The first-order valence-electron chi connectivity index (χ1n) is 5.86. The van der Waals surface area contributed by atoms with Gasteiger partial charge in [0.05, 0.1) is 0 Å². The highest BCUT2D eigenvalue weighted by Gasteiger charge is 2.22. The minimum Gasteiger partial charge on any atom is -0.475 e. The topological polar surface area (TPSA) is 110 Å². The predicted molar refractivity (Wildman–Crippen MR) is 67.6 cm³/mol. The number of carboxylic acids is 1. The van der Waals surface area contributed by atoms with E-state index in [0.717, 1.165) is 0 Å². The zero-order chi connectivity index (χ0) is 14.3. The fourth-order valence-corrected chi connectivity index (χ4v) is 2.10. The van der Waals surface area contributed by atoms with Crippen LogP contribution in [0.2, 0.25) is 0 Å². The van der Waals surface area contributed by atoms with E-state index in [0.29, 0.717) is 0 Å². The first kappa shape index (κ1) is 13.1. The maximum atomic E-state index is 11.9. The number of fused-ring (bicyclic) bond motifs is 1. The van der Waals surface area contributed by atoms with E-state index in [4.69, 9.17) is 5.11 Å². The monoisotopic (exact) mass is 266 g/mol. The van der Waals surface area contributed by atoms with E-state index >= 15 is 0 Å². The highest BCUT2D eigenvalue weighted by atomic mass is 16.4. The number of imidazole rings is 1. The van der Waals surface area contributed by atoms with E-state index in [9.17, 15) is 14.4 Å². The second-order valence-corrected chi connectivity index (χ2v) is 4.38. The van der Waals surface area contributed by atoms with Crippen LogP contribution in [0.15, 0.2) is 9.59 Å². The maximum Gasteiger partial charge on any atom is 0.372 e. The third kappa shape index (κ3) is 1.85. The molecule has 0 aliphatic rings. The molecule has 0 aromatic carbocycles. The highest BCUT2D eigenvalue weighted by molar-refractivity contribution is 5.88. The van der Waals surface area contributed by atoms with Gasteiger partial charge in [-0.05, 0) is 20.8 Å². The van der Waals surface area contributed by atoms with E-state index in [1.54, 1.807) is 20.8 Å². The largest absolute Gasteiger partial charge is 0.475 e. The molecule has 0 bridgehead atoms. The molecule has 2 heterocycles. The van der Waals surface area contributed by atoms with Crippen LogP contribution in [0.25, 0.3) is 11.2 Å². The number of rotatable bonds is 3. The lowest BCUT2D eigenvalue weighted by Crippen LogP contribution is -2.32. The molecule has 2 rings (SSSR count). The van der Waals surface area contributed by atoms with Gasteiger partial charge in [0.2, 0.25) is 5.82 Å². The van der Waals surface area contributed by atoms with Gasteiger partial charge >= 0.3 is 11.7 Å². The van der Waals surface area contributed by atoms with Crippen molar-refractivity contribution in [3.8, 4) is 0 Å². The fourth-order valence-electron chi connectivity index (χ4n) is 2.10. The molecule has 2 aromatic rings. The average Bonchev–Trinajstić information content (AvgIpc) is 2.67. The molecular formula is C11H14N4O4. The smallest absolute Gasteiger partial charge is 0.372 e. The molecule has 0 saturated heterocycles. The van der Waals surface area contributed by atoms with Crippen molar-refractivity contribution in [2.24, 2.45) is 0 Å². The van der Waals surface area contributed by atoms with E-state index in [1.807, 2.05) is 0 Å². The lowest BCUT2D eigenvalue weighted by molar-refractivity contribution is 0.0679. The van der Waals surface area contributed by atoms with Crippen LogP contribution in [0, 0.1) is 0 Å². The zero-order valence-corrected chi connectivity index (χ0v) is 10.8. The second-order valence-electron chi connectivity index (χ2n) is 4.38. The summed E-state index contributed by atoms with van der Waals surface area (Å²) in [6.07, 6.45) is 0. The number of hydrogen-bond acceptors (Lipinski definition) is 4. The molecule has 0 unspecified atom stereocenters. The van der Waals surface area contributed by atoms with Gasteiger partial charge in [-0.15, -0.1) is 0 Å². The molecule has 0 amide bonds. The Morgan fingerprint density at radius 3 is 2.53 bits per heavy atom. The Kier molecular flexibility index (Phi) is 3.01. The number of H-pyrrole nitrogens is 1. The molecule has 0 spiro atoms. The summed E-state index contributed by atoms with van der Waals surface area (Å²) in [6, 6.07) is -0.242. The van der Waals surface area contributed by atoms with Crippen molar-refractivity contribution < 1.29 is 9.90 Å². The standard InChI is InChI=1S/C11H14N4O4/c1-4-14-6-7(12-8(14)10(17)18)15(5(2)3)11(19)13-9(6)16/h5H,4H2,1-3H3,(H,17,18)(H,13,16,19). The molecule has 0 saturated carbocycles. The number of hydrogen-bond donors (Lipinski definition) is 2. The first-order chi connectivity index (χ1) is 8.88. The number of aromatic amines is 1. The van der Waals surface area contributed by atoms with Crippen LogP contribution in [0.3, 0.4) is 0 Å². The third-order valence-corrected chi connectivity index (χ3v) is 2.86. The molecule has 0 fully saturated rings. The summed E-state index contributed by atoms with van der Waals surface area (Å²) in [5.74, 6) is -1.48. The summed E-state index contributed by atoms with van der Waals surface area (Å²) < 4.78 is 2.56. The van der Waals surface area contributed by atoms with Crippen molar-refractivity contribution in [2.45, 2.75) is 33.4 Å². The Labute approximate surface area is 107 Å². The summed E-state index contributed by atoms with van der Waals surface area (Å²) in [5, 5.41) is 9.10. The Hall–Kier alpha value is -2.38. The van der Waals surface area contributed by atoms with Gasteiger partial charge in [-0.2, -0.15) is 0 Å². The molecule has 2 aromatic heterocycles. The molecule has 8 nitrogen and oxygen atoms in total. The van der Waals surface area contributed by atoms with Crippen molar-refractivity contribution in [2.75, 3.05) is 0 Å². The van der Waals surface area contributed by atoms with Crippen LogP contribution in [-0.4, -0.2) is 30.2 Å². The number of aromatic nitrogens is 4. The number of carboxylic acid groups (broad SMARTS) is 1. The van der Waals surface area contributed by atoms with Crippen LogP contribution in [-0.2, 0) is 6.54 Å². The van der Waals surface area contributed by atoms with Crippen molar-refractivity contribution >= 4 is 17.1 Å². The molecule has 2 N–H and O–H groups in total. The molecule has 0 radical (unpaired) electrons. The number of carbonyl (C=O) groups is 1. The van der Waals surface area contributed by atoms with Gasteiger partial charge in [-0.25, -0.2) is 14.6 Å². The number of aryl methyl sites for hydroxylation is 1. The molecule has 0 atom stereocenters. The van der Waals surface area contributed by atoms with Crippen molar-refractivity contribution in [1.82, 2.24) is 19.1 Å². The Balaban J connectivity index is 3.06. The highest BCUT2D eigenvalue weighted by Crippen LogP contribution is 2.14. The van der Waals surface area contributed by atoms with Gasteiger partial charge in [0.15, 0.2) is 11.2 Å². The summed E-state index contributed by atoms with van der Waals surface area (Å²) in [5.41, 5.74) is -1.01. The van der Waals surface area contributed by atoms with E-state index < -0.39 is 17.2 Å². The lowest BCUT2D eigenvalue weighted by Gasteiger charge is -2.09. The first-order valence-corrected chi connectivity index (χ1v) is 5.86. The summed E-state index contributed by atoms with van der Waals surface area (Å²) in [6.45, 7) is 5.49. The maximum absolute atomic E-state index is 11.9. The lowest BCUT2D eigenvalue weighted by atomic mass is 10.3. The quantitative estimate of drug-likeness (QED) is 0.823. The van der Waals surface area contributed by atoms with Crippen molar-refractivity contribution in [1.29, 1.82) is 0 Å². The molecule has 19 heavy (non-hydrogen) atoms. The third-order valence-electron chi connectivity index (χ3n) is 2.86. The van der Waals surface area contributed by atoms with E-state index in [1.165, 1.54) is 9.13 Å². The van der Waals surface area contributed by atoms with Gasteiger partial charge in [-0.1, -0.05) is 0 Å². The number of nitrogens with zero attached hydrogens (tertiary/aromatic N) is 3. The fraction of sp³-hybridized carbons (Fsp3) is 0.455. The predicted octanol–water partition coefficient (Wildman–Crippen LogP) is 0.185. The average molecular weight is 266 g/mol. The van der Waals surface area contributed by atoms with E-state index in [-0.39, 0.29) is 29.6 Å². The van der Waals surface area contributed by atoms with Gasteiger partial charge < -0.3 is 9.67 Å². The van der Waals surface area contributed by atoms with Crippen LogP contribution >= 0.6 is 0 Å². The molecule has 0 aliphatic heterocycles. The SMILES string of the molecule is CCn1c(C(=O)O)nc2c1c(=O)[nH]c(=O)n2C(C)C. The summed E-state index contributed by atoms with van der Waals surface area (Å²) in [7, 11) is 0. The van der Waals surface area contributed by atoms with Crippen LogP contribution in [0.5, 0.6) is 0 Å². The minimum atomic E-state index is -1.24. The van der Waals surface area contributed by atoms with Gasteiger partial charge in [0.1, 0.15) is 0 Å². The molecule has 102 valence electrons. The Morgan fingerprint density at radius 2 is 2.05 bits per heavy atom. The van der Waals surface area contributed by atoms with Crippen LogP contribution in [0.4, 0.5) is 0 Å². The zero-order valence-electron chi connectivity index (χ0n) is 10.8. The van der Waals surface area contributed by atoms with Gasteiger partial charge in [0.25, 0.3) is 5.56 Å². The minimum absolute atomic E-state index is 0.100.